The Bertz CT molecular complexity index is 2470. The van der Waals surface area contributed by atoms with E-state index in [-0.39, 0.29) is 0 Å². The van der Waals surface area contributed by atoms with Crippen molar-refractivity contribution in [2.45, 2.75) is 75.7 Å². The highest BCUT2D eigenvalue weighted by Gasteiger charge is 2.26. The normalized spacial score (nSPS) is 11.0. The van der Waals surface area contributed by atoms with Crippen LogP contribution in [0.1, 0.15) is 77.6 Å². The van der Waals surface area contributed by atoms with Gasteiger partial charge in [-0.25, -0.2) is 0 Å². The van der Waals surface area contributed by atoms with Crippen LogP contribution >= 0.6 is 12.6 Å². The molecule has 56 heavy (non-hydrogen) atoms. The molecule has 0 spiro atoms. The van der Waals surface area contributed by atoms with Crippen molar-refractivity contribution in [2.75, 3.05) is 6.26 Å². The lowest BCUT2D eigenvalue weighted by Gasteiger charge is -2.19. The molecule has 0 saturated heterocycles. The third kappa shape index (κ3) is 8.25. The van der Waals surface area contributed by atoms with Gasteiger partial charge in [0.05, 0.1) is 0 Å². The monoisotopic (exact) mass is 756 g/mol. The van der Waals surface area contributed by atoms with Crippen molar-refractivity contribution in [2.24, 2.45) is 5.73 Å². The summed E-state index contributed by atoms with van der Waals surface area (Å²) in [5.41, 5.74) is 24.8. The first kappa shape index (κ1) is 43.3. The van der Waals surface area contributed by atoms with E-state index in [2.05, 4.69) is 142 Å². The van der Waals surface area contributed by atoms with Crippen LogP contribution in [0.4, 0.5) is 0 Å². The van der Waals surface area contributed by atoms with E-state index in [4.69, 9.17) is 5.73 Å². The van der Waals surface area contributed by atoms with Gasteiger partial charge in [-0.2, -0.15) is 12.6 Å². The van der Waals surface area contributed by atoms with Gasteiger partial charge in [-0.3, -0.25) is 4.98 Å². The van der Waals surface area contributed by atoms with Gasteiger partial charge in [0.2, 0.25) is 0 Å². The van der Waals surface area contributed by atoms with Gasteiger partial charge >= 0.3 is 0 Å². The summed E-state index contributed by atoms with van der Waals surface area (Å²) in [5, 5.41) is 5.23. The zero-order valence-electron chi connectivity index (χ0n) is 35.4. The van der Waals surface area contributed by atoms with Gasteiger partial charge in [-0.05, 0) is 169 Å². The molecule has 0 saturated carbocycles. The van der Waals surface area contributed by atoms with Crippen LogP contribution in [-0.2, 0) is 6.42 Å². The van der Waals surface area contributed by atoms with Gasteiger partial charge in [-0.1, -0.05) is 127 Å². The Morgan fingerprint density at radius 1 is 0.625 bits per heavy atom. The van der Waals surface area contributed by atoms with Crippen molar-refractivity contribution in [1.29, 1.82) is 0 Å². The molecule has 0 fully saturated rings. The maximum absolute atomic E-state index is 6.04. The number of hydrogen-bond acceptors (Lipinski definition) is 3. The Morgan fingerprint density at radius 2 is 1.29 bits per heavy atom. The molecule has 2 N–H and O–H groups in total. The molecule has 6 aromatic carbocycles. The molecule has 0 bridgehead atoms. The minimum Gasteiger partial charge on any atom is -0.404 e. The number of thiol groups is 1. The SMILES string of the molecule is C/C=C\C(=C/N)c1ccc(C)c(-c2cccc(-c3cc4c5c(cccc5c3CC)-c3cc5cc(-c6cccnc6)ccc5cc3-4)c2C)c1.CC.CC.CC.CS. The summed E-state index contributed by atoms with van der Waals surface area (Å²) in [7, 11) is 0. The molecule has 8 rings (SSSR count). The van der Waals surface area contributed by atoms with Crippen molar-refractivity contribution >= 4 is 39.7 Å². The molecule has 7 aromatic rings. The first-order valence-electron chi connectivity index (χ1n) is 20.3. The van der Waals surface area contributed by atoms with Gasteiger partial charge in [0, 0.05) is 24.2 Å². The van der Waals surface area contributed by atoms with E-state index in [1.165, 1.54) is 88.3 Å². The fraction of sp³-hybridized carbons (Fsp3) is 0.226. The summed E-state index contributed by atoms with van der Waals surface area (Å²) in [6.07, 6.45) is 12.2. The molecular formula is C53H60N2S. The van der Waals surface area contributed by atoms with Gasteiger partial charge in [0.1, 0.15) is 0 Å². The number of allylic oxidation sites excluding steroid dienone is 3. The second-order valence-electron chi connectivity index (χ2n) is 12.9. The fourth-order valence-corrected chi connectivity index (χ4v) is 7.80. The predicted octanol–water partition coefficient (Wildman–Crippen LogP) is 15.7. The van der Waals surface area contributed by atoms with Crippen molar-refractivity contribution < 1.29 is 0 Å². The standard InChI is InChI=1S/C46H38N2.3C2H6.CH4S/c1-5-10-33(26-47)31-17-16-28(3)41(22-31)37-12-7-13-38(29(37)4)44-25-45-43-23-32-19-18-30(34-11-9-20-48-27-34)21-35(32)24-42(43)40-15-8-14-39(46(40)45)36(44)6-2;4*1-2/h5,7-27H,6,47H2,1-4H3;3*1-2H3;2H,1H3/b10-5-,33-26+;;;;. The summed E-state index contributed by atoms with van der Waals surface area (Å²) in [5.74, 6) is 0. The minimum atomic E-state index is 0.953. The zero-order chi connectivity index (χ0) is 40.9. The van der Waals surface area contributed by atoms with Crippen LogP contribution in [0.25, 0.3) is 82.8 Å². The lowest BCUT2D eigenvalue weighted by molar-refractivity contribution is 1.16. The third-order valence-electron chi connectivity index (χ3n) is 10.2. The number of rotatable bonds is 6. The number of aromatic nitrogens is 1. The number of aryl methyl sites for hydroxylation is 2. The van der Waals surface area contributed by atoms with Crippen LogP contribution in [0.3, 0.4) is 0 Å². The topological polar surface area (TPSA) is 38.9 Å². The van der Waals surface area contributed by atoms with Crippen LogP contribution in [-0.4, -0.2) is 11.2 Å². The van der Waals surface area contributed by atoms with Crippen LogP contribution in [0, 0.1) is 13.8 Å². The summed E-state index contributed by atoms with van der Waals surface area (Å²) in [4.78, 5) is 4.35. The Kier molecular flexibility index (Phi) is 15.9. The Hall–Kier alpha value is -5.38. The summed E-state index contributed by atoms with van der Waals surface area (Å²) >= 11 is 3.53. The lowest BCUT2D eigenvalue weighted by Crippen LogP contribution is -1.97. The molecule has 1 aliphatic rings. The van der Waals surface area contributed by atoms with E-state index in [0.717, 1.165) is 23.1 Å². The second kappa shape index (κ2) is 20.5. The molecule has 0 atom stereocenters. The van der Waals surface area contributed by atoms with E-state index in [1.807, 2.05) is 73.0 Å². The quantitative estimate of drug-likeness (QED) is 0.131. The minimum absolute atomic E-state index is 0.953. The summed E-state index contributed by atoms with van der Waals surface area (Å²) in [6.45, 7) is 20.8. The van der Waals surface area contributed by atoms with Crippen molar-refractivity contribution in [3.8, 4) is 55.6 Å². The van der Waals surface area contributed by atoms with E-state index >= 15 is 0 Å². The molecule has 0 aliphatic heterocycles. The van der Waals surface area contributed by atoms with Gasteiger partial charge in [0.25, 0.3) is 0 Å². The molecule has 1 aromatic heterocycles. The van der Waals surface area contributed by atoms with Crippen LogP contribution in [0.15, 0.2) is 134 Å². The summed E-state index contributed by atoms with van der Waals surface area (Å²) < 4.78 is 0. The first-order chi connectivity index (χ1) is 27.5. The number of hydrogen-bond donors (Lipinski definition) is 2. The van der Waals surface area contributed by atoms with E-state index in [1.54, 1.807) is 12.5 Å². The molecule has 2 nitrogen and oxygen atoms in total. The molecule has 1 heterocycles. The molecule has 0 unspecified atom stereocenters. The number of nitrogens with zero attached hydrogens (tertiary/aromatic N) is 1. The third-order valence-corrected chi connectivity index (χ3v) is 10.2. The number of nitrogens with two attached hydrogens (primary N) is 1. The Labute approximate surface area is 342 Å². The van der Waals surface area contributed by atoms with Gasteiger partial charge in [-0.15, -0.1) is 0 Å². The predicted molar refractivity (Wildman–Crippen MR) is 255 cm³/mol. The maximum Gasteiger partial charge on any atom is 0.0346 e. The number of pyridine rings is 1. The lowest BCUT2D eigenvalue weighted by atomic mass is 9.85. The van der Waals surface area contributed by atoms with Crippen molar-refractivity contribution in [1.82, 2.24) is 4.98 Å². The van der Waals surface area contributed by atoms with Crippen molar-refractivity contribution in [3.05, 3.63) is 156 Å². The van der Waals surface area contributed by atoms with Gasteiger partial charge < -0.3 is 5.73 Å². The average molecular weight is 757 g/mol. The maximum atomic E-state index is 6.04. The van der Waals surface area contributed by atoms with E-state index < -0.39 is 0 Å². The largest absolute Gasteiger partial charge is 0.404 e. The van der Waals surface area contributed by atoms with E-state index in [9.17, 15) is 0 Å². The van der Waals surface area contributed by atoms with Crippen LogP contribution in [0.5, 0.6) is 0 Å². The van der Waals surface area contributed by atoms with E-state index in [0.29, 0.717) is 0 Å². The highest BCUT2D eigenvalue weighted by Crippen LogP contribution is 2.52. The van der Waals surface area contributed by atoms with Gasteiger partial charge in [0.15, 0.2) is 0 Å². The molecule has 288 valence electrons. The molecule has 0 amide bonds. The average Bonchev–Trinajstić information content (AvgIpc) is 3.58. The van der Waals surface area contributed by atoms with Crippen molar-refractivity contribution in [3.63, 3.8) is 0 Å². The highest BCUT2D eigenvalue weighted by atomic mass is 32.1. The zero-order valence-corrected chi connectivity index (χ0v) is 36.3. The van der Waals surface area contributed by atoms with Crippen LogP contribution in [0.2, 0.25) is 0 Å². The fourth-order valence-electron chi connectivity index (χ4n) is 7.80. The Morgan fingerprint density at radius 3 is 1.95 bits per heavy atom. The second-order valence-corrected chi connectivity index (χ2v) is 12.9. The molecule has 0 radical (unpaired) electrons. The number of benzene rings is 6. The molecular weight excluding hydrogens is 697 g/mol. The smallest absolute Gasteiger partial charge is 0.0346 e. The highest BCUT2D eigenvalue weighted by molar-refractivity contribution is 7.79. The number of fused-ring (bicyclic) bond motifs is 4. The molecule has 1 aliphatic carbocycles. The molecule has 3 heteroatoms. The van der Waals surface area contributed by atoms with Crippen LogP contribution < -0.4 is 5.73 Å². The summed E-state index contributed by atoms with van der Waals surface area (Å²) in [6, 6.07) is 38.5. The Balaban J connectivity index is 0.000000820. The first-order valence-corrected chi connectivity index (χ1v) is 21.2.